The van der Waals surface area contributed by atoms with Crippen molar-refractivity contribution in [2.75, 3.05) is 12.2 Å². The zero-order chi connectivity index (χ0) is 19.3. The van der Waals surface area contributed by atoms with E-state index in [0.717, 1.165) is 19.1 Å². The highest BCUT2D eigenvalue weighted by Crippen LogP contribution is 2.36. The molecule has 1 aliphatic rings. The Hall–Kier alpha value is -1.87. The van der Waals surface area contributed by atoms with Crippen LogP contribution in [-0.4, -0.2) is 44.5 Å². The Kier molecular flexibility index (Phi) is 6.83. The lowest BCUT2D eigenvalue weighted by Crippen LogP contribution is -2.36. The zero-order valence-corrected chi connectivity index (χ0v) is 15.8. The molecule has 0 bridgehead atoms. The Bertz CT molecular complexity index is 775. The molecule has 0 aliphatic carbocycles. The molecule has 0 radical (unpaired) electrons. The summed E-state index contributed by atoms with van der Waals surface area (Å²) in [4.78, 5) is 24.1. The molecule has 0 saturated heterocycles. The summed E-state index contributed by atoms with van der Waals surface area (Å²) in [5.41, 5.74) is 0.735. The fourth-order valence-electron chi connectivity index (χ4n) is 2.83. The molecule has 0 amide bonds. The minimum atomic E-state index is -3.46. The number of rotatable bonds is 8. The molecule has 7 nitrogen and oxygen atoms in total. The smallest absolute Gasteiger partial charge is 0.526 e. The zero-order valence-electron chi connectivity index (χ0n) is 14.9. The van der Waals surface area contributed by atoms with Crippen LogP contribution in [0.25, 0.3) is 0 Å². The minimum absolute atomic E-state index is 0.0564. The standard InChI is InChI=1S/C17H23BO7S/c1-3-4-7-14(19)10-13-9-12-6-5-8-15(16(12)25-18(13)21)17(20)24-11-26(2,22)23/h5-6,8,13,21H,3-4,7,9-11H2,1-2H3/t13-/m1/s1. The van der Waals surface area contributed by atoms with Crippen molar-refractivity contribution in [3.63, 3.8) is 0 Å². The number of Topliss-reactive ketones (excluding diaryl/α,β-unsaturated/α-hetero) is 1. The second-order valence-corrected chi connectivity index (χ2v) is 8.68. The Morgan fingerprint density at radius 3 is 2.77 bits per heavy atom. The van der Waals surface area contributed by atoms with Gasteiger partial charge in [-0.05, 0) is 24.5 Å². The van der Waals surface area contributed by atoms with E-state index in [9.17, 15) is 23.0 Å². The molecule has 9 heteroatoms. The molecule has 1 aromatic rings. The molecule has 0 fully saturated rings. The van der Waals surface area contributed by atoms with Gasteiger partial charge in [-0.25, -0.2) is 13.2 Å². The van der Waals surface area contributed by atoms with Gasteiger partial charge in [0.1, 0.15) is 17.1 Å². The summed E-state index contributed by atoms with van der Waals surface area (Å²) in [5.74, 6) is -1.69. The topological polar surface area (TPSA) is 107 Å². The average molecular weight is 382 g/mol. The summed E-state index contributed by atoms with van der Waals surface area (Å²) in [6.45, 7) is 2.01. The van der Waals surface area contributed by atoms with Crippen molar-refractivity contribution in [1.29, 1.82) is 0 Å². The highest BCUT2D eigenvalue weighted by Gasteiger charge is 2.37. The third-order valence-corrected chi connectivity index (χ3v) is 4.69. The number of carbonyl (C=O) groups excluding carboxylic acids is 2. The van der Waals surface area contributed by atoms with E-state index in [0.29, 0.717) is 18.4 Å². The Morgan fingerprint density at radius 2 is 2.12 bits per heavy atom. The molecule has 0 unspecified atom stereocenters. The first-order chi connectivity index (χ1) is 12.2. The van der Waals surface area contributed by atoms with Gasteiger partial charge in [0, 0.05) is 24.9 Å². The van der Waals surface area contributed by atoms with Gasteiger partial charge in [0.15, 0.2) is 15.8 Å². The molecular weight excluding hydrogens is 359 g/mol. The van der Waals surface area contributed by atoms with Crippen molar-refractivity contribution in [3.05, 3.63) is 29.3 Å². The van der Waals surface area contributed by atoms with E-state index in [4.69, 9.17) is 9.39 Å². The number of para-hydroxylation sites is 1. The van der Waals surface area contributed by atoms with Crippen LogP contribution in [0.3, 0.4) is 0 Å². The molecule has 0 aromatic heterocycles. The summed E-state index contributed by atoms with van der Waals surface area (Å²) < 4.78 is 32.6. The van der Waals surface area contributed by atoms with Gasteiger partial charge >= 0.3 is 13.1 Å². The molecule has 26 heavy (non-hydrogen) atoms. The number of ether oxygens (including phenoxy) is 1. The second kappa shape index (κ2) is 8.68. The molecule has 1 atom stereocenters. The number of unbranched alkanes of at least 4 members (excludes halogenated alkanes) is 1. The van der Waals surface area contributed by atoms with E-state index in [1.807, 2.05) is 6.92 Å². The molecule has 1 aliphatic heterocycles. The maximum absolute atomic E-state index is 12.1. The summed E-state index contributed by atoms with van der Waals surface area (Å²) in [6.07, 6.45) is 3.78. The minimum Gasteiger partial charge on any atom is -0.535 e. The average Bonchev–Trinajstić information content (AvgIpc) is 2.57. The quantitative estimate of drug-likeness (QED) is 0.539. The normalized spacial score (nSPS) is 16.6. The second-order valence-electron chi connectivity index (χ2n) is 6.59. The van der Waals surface area contributed by atoms with Gasteiger partial charge in [0.25, 0.3) is 0 Å². The third-order valence-electron chi connectivity index (χ3n) is 4.14. The van der Waals surface area contributed by atoms with Crippen LogP contribution in [0.4, 0.5) is 0 Å². The largest absolute Gasteiger partial charge is 0.535 e. The number of ketones is 1. The summed E-state index contributed by atoms with van der Waals surface area (Å²) >= 11 is 0. The van der Waals surface area contributed by atoms with Gasteiger partial charge in [0.05, 0.1) is 0 Å². The lowest BCUT2D eigenvalue weighted by atomic mass is 9.64. The molecule has 1 aromatic carbocycles. The highest BCUT2D eigenvalue weighted by atomic mass is 32.2. The monoisotopic (exact) mass is 382 g/mol. The van der Waals surface area contributed by atoms with E-state index in [-0.39, 0.29) is 29.3 Å². The fourth-order valence-corrected chi connectivity index (χ4v) is 3.15. The number of esters is 1. The van der Waals surface area contributed by atoms with Crippen LogP contribution in [-0.2, 0) is 25.8 Å². The van der Waals surface area contributed by atoms with Gasteiger partial charge in [-0.3, -0.25) is 4.79 Å². The van der Waals surface area contributed by atoms with Gasteiger partial charge in [-0.2, -0.15) is 0 Å². The third kappa shape index (κ3) is 5.57. The highest BCUT2D eigenvalue weighted by molar-refractivity contribution is 7.90. The SMILES string of the molecule is CCCCC(=O)C[C@H]1Cc2cccc(C(=O)OCS(C)(=O)=O)c2OB1O. The molecular formula is C17H23BO7S. The predicted molar refractivity (Wildman–Crippen MR) is 96.8 cm³/mol. The van der Waals surface area contributed by atoms with E-state index >= 15 is 0 Å². The molecule has 0 spiro atoms. The number of benzene rings is 1. The maximum atomic E-state index is 12.1. The first kappa shape index (κ1) is 20.4. The Labute approximate surface area is 153 Å². The maximum Gasteiger partial charge on any atom is 0.526 e. The van der Waals surface area contributed by atoms with Crippen molar-refractivity contribution in [3.8, 4) is 5.75 Å². The van der Waals surface area contributed by atoms with Crippen molar-refractivity contribution in [2.45, 2.75) is 44.8 Å². The lowest BCUT2D eigenvalue weighted by Gasteiger charge is -2.28. The molecule has 2 rings (SSSR count). The Balaban J connectivity index is 2.12. The van der Waals surface area contributed by atoms with E-state index in [2.05, 4.69) is 0 Å². The molecule has 0 saturated carbocycles. The number of fused-ring (bicyclic) bond motifs is 1. The first-order valence-electron chi connectivity index (χ1n) is 8.54. The van der Waals surface area contributed by atoms with E-state index in [1.54, 1.807) is 12.1 Å². The number of sulfone groups is 1. The van der Waals surface area contributed by atoms with Crippen molar-refractivity contribution < 1.29 is 32.4 Å². The molecule has 142 valence electrons. The number of hydrogen-bond acceptors (Lipinski definition) is 7. The van der Waals surface area contributed by atoms with Crippen LogP contribution in [0.2, 0.25) is 5.82 Å². The van der Waals surface area contributed by atoms with Gasteiger partial charge < -0.3 is 14.4 Å². The van der Waals surface area contributed by atoms with Crippen LogP contribution >= 0.6 is 0 Å². The number of hydrogen-bond donors (Lipinski definition) is 1. The molecule has 1 N–H and O–H groups in total. The van der Waals surface area contributed by atoms with Gasteiger partial charge in [-0.15, -0.1) is 0 Å². The van der Waals surface area contributed by atoms with Crippen molar-refractivity contribution in [2.24, 2.45) is 0 Å². The van der Waals surface area contributed by atoms with Crippen LogP contribution in [0, 0.1) is 0 Å². The van der Waals surface area contributed by atoms with E-state index in [1.165, 1.54) is 6.07 Å². The lowest BCUT2D eigenvalue weighted by molar-refractivity contribution is -0.119. The van der Waals surface area contributed by atoms with Crippen LogP contribution < -0.4 is 4.65 Å². The molecule has 1 heterocycles. The fraction of sp³-hybridized carbons (Fsp3) is 0.529. The van der Waals surface area contributed by atoms with Gasteiger partial charge in [-0.1, -0.05) is 25.5 Å². The summed E-state index contributed by atoms with van der Waals surface area (Å²) in [5, 5.41) is 10.2. The summed E-state index contributed by atoms with van der Waals surface area (Å²) in [7, 11) is -4.67. The first-order valence-corrected chi connectivity index (χ1v) is 10.6. The van der Waals surface area contributed by atoms with Crippen molar-refractivity contribution in [1.82, 2.24) is 0 Å². The van der Waals surface area contributed by atoms with Gasteiger partial charge in [0.2, 0.25) is 0 Å². The van der Waals surface area contributed by atoms with Crippen LogP contribution in [0.15, 0.2) is 18.2 Å². The predicted octanol–water partition coefficient (Wildman–Crippen LogP) is 1.78. The summed E-state index contributed by atoms with van der Waals surface area (Å²) in [6, 6.07) is 4.83. The van der Waals surface area contributed by atoms with Crippen LogP contribution in [0.5, 0.6) is 5.75 Å². The Morgan fingerprint density at radius 1 is 1.38 bits per heavy atom. The number of carbonyl (C=O) groups is 2. The van der Waals surface area contributed by atoms with Crippen LogP contribution in [0.1, 0.15) is 48.5 Å². The van der Waals surface area contributed by atoms with E-state index < -0.39 is 28.9 Å². The van der Waals surface area contributed by atoms with Crippen molar-refractivity contribution >= 4 is 28.7 Å².